The standard InChI is InChI=1S/2Co.3H2O4.Zn/c;;3*1-3-4-2;/h;;3*1-2H;/q2*+2;;;;+2/p-6. The number of hydrogen-bond donors (Lipinski definition) is 0. The predicted octanol–water partition coefficient (Wildman–Crippen LogP) is -7.55. The first-order valence-corrected chi connectivity index (χ1v) is 1.50. The molecule has 0 spiro atoms. The summed E-state index contributed by atoms with van der Waals surface area (Å²) >= 11 is 0. The number of rotatable bonds is 3. The van der Waals surface area contributed by atoms with Crippen molar-refractivity contribution < 1.29 is 115 Å². The van der Waals surface area contributed by atoms with Gasteiger partial charge in [0.15, 0.2) is 0 Å². The van der Waals surface area contributed by atoms with Gasteiger partial charge >= 0.3 is 53.0 Å². The summed E-state index contributed by atoms with van der Waals surface area (Å²) in [7, 11) is 0. The van der Waals surface area contributed by atoms with Gasteiger partial charge < -0.3 is 61.8 Å². The van der Waals surface area contributed by atoms with Crippen LogP contribution in [0.15, 0.2) is 0 Å². The Morgan fingerprint density at radius 2 is 0.467 bits per heavy atom. The van der Waals surface area contributed by atoms with Gasteiger partial charge in [-0.15, -0.1) is 0 Å². The Hall–Kier alpha value is 1.16. The molecular weight excluding hydrogens is 375 g/mol. The molecule has 92 valence electrons. The molecule has 0 amide bonds. The Kier molecular flexibility index (Phi) is 142. The van der Waals surface area contributed by atoms with Crippen LogP contribution >= 0.6 is 0 Å². The van der Waals surface area contributed by atoms with Crippen molar-refractivity contribution in [2.45, 2.75) is 0 Å². The first kappa shape index (κ1) is 36.0. The molecule has 0 aliphatic carbocycles. The molecule has 0 aromatic carbocycles. The van der Waals surface area contributed by atoms with Crippen molar-refractivity contribution in [1.82, 2.24) is 0 Å². The van der Waals surface area contributed by atoms with Crippen molar-refractivity contribution in [2.75, 3.05) is 0 Å². The maximum atomic E-state index is 8.26. The minimum atomic E-state index is 0. The summed E-state index contributed by atoms with van der Waals surface area (Å²) in [4.78, 5) is 0. The molecule has 0 aliphatic heterocycles. The molecule has 0 aromatic heterocycles. The maximum absolute atomic E-state index is 8.26. The average molecular weight is 375 g/mol. The van der Waals surface area contributed by atoms with E-state index >= 15 is 0 Å². The number of hydrogen-bond acceptors (Lipinski definition) is 12. The van der Waals surface area contributed by atoms with E-state index in [1.807, 2.05) is 0 Å². The van der Waals surface area contributed by atoms with Crippen LogP contribution in [0.3, 0.4) is 0 Å². The molecule has 0 heterocycles. The molecule has 0 fully saturated rings. The second kappa shape index (κ2) is 59.3. The van der Waals surface area contributed by atoms with E-state index in [0.29, 0.717) is 0 Å². The molecule has 0 aliphatic rings. The SMILES string of the molecule is [Co+2].[Co+2].[O-]OO[O-].[O-]OO[O-].[O-]OO[O-].[Zn+2]. The minimum Gasteiger partial charge on any atom is -0.693 e. The van der Waals surface area contributed by atoms with Crippen LogP contribution in [0, 0.1) is 0 Å². The zero-order valence-electron chi connectivity index (χ0n) is 6.27. The van der Waals surface area contributed by atoms with Crippen LogP contribution in [0.5, 0.6) is 0 Å². The van der Waals surface area contributed by atoms with E-state index < -0.39 is 0 Å². The largest absolute Gasteiger partial charge is 2.00 e. The summed E-state index contributed by atoms with van der Waals surface area (Å²) < 4.78 is 0. The molecule has 15 heteroatoms. The first-order valence-electron chi connectivity index (χ1n) is 1.50. The van der Waals surface area contributed by atoms with Crippen LogP contribution < -0.4 is 31.5 Å². The summed E-state index contributed by atoms with van der Waals surface area (Å²) in [6.07, 6.45) is 0. The Bertz CT molecular complexity index is 29.1. The predicted molar refractivity (Wildman–Crippen MR) is 6.51 cm³/mol. The summed E-state index contributed by atoms with van der Waals surface area (Å²) in [6, 6.07) is 0. The monoisotopic (exact) mass is 374 g/mol. The Morgan fingerprint density at radius 1 is 0.400 bits per heavy atom. The maximum Gasteiger partial charge on any atom is 2.00 e. The van der Waals surface area contributed by atoms with Gasteiger partial charge in [0, 0.05) is 0 Å². The molecule has 0 unspecified atom stereocenters. The third-order valence-corrected chi connectivity index (χ3v) is 0.0833. The quantitative estimate of drug-likeness (QED) is 0.257. The Morgan fingerprint density at radius 3 is 0.467 bits per heavy atom. The fraction of sp³-hybridized carbons (Fsp3) is 0. The van der Waals surface area contributed by atoms with Gasteiger partial charge in [-0.2, -0.15) is 0 Å². The third-order valence-electron chi connectivity index (χ3n) is 0.0833. The minimum absolute atomic E-state index is 0. The van der Waals surface area contributed by atoms with E-state index in [1.54, 1.807) is 0 Å². The van der Waals surface area contributed by atoms with E-state index in [4.69, 9.17) is 31.5 Å². The van der Waals surface area contributed by atoms with Crippen LogP contribution in [0.1, 0.15) is 0 Å². The average Bonchev–Trinajstić information content (AvgIpc) is 2.18. The van der Waals surface area contributed by atoms with Crippen LogP contribution in [0.4, 0.5) is 0 Å². The topological polar surface area (TPSA) is 194 Å². The van der Waals surface area contributed by atoms with Gasteiger partial charge in [-0.1, -0.05) is 0 Å². The van der Waals surface area contributed by atoms with Crippen molar-refractivity contribution in [3.05, 3.63) is 0 Å². The Labute approximate surface area is 115 Å². The molecule has 15 heavy (non-hydrogen) atoms. The van der Waals surface area contributed by atoms with Gasteiger partial charge in [0.1, 0.15) is 0 Å². The fourth-order valence-corrected chi connectivity index (χ4v) is 0. The second-order valence-corrected chi connectivity index (χ2v) is 0.408. The molecule has 0 bridgehead atoms. The smallest absolute Gasteiger partial charge is 0.693 e. The summed E-state index contributed by atoms with van der Waals surface area (Å²) in [6.45, 7) is 0. The third kappa shape index (κ3) is 152. The van der Waals surface area contributed by atoms with Crippen LogP contribution in [-0.2, 0) is 83.3 Å². The van der Waals surface area contributed by atoms with Crippen molar-refractivity contribution in [1.29, 1.82) is 0 Å². The molecular formula is Co2O12Zn. The molecule has 0 atom stereocenters. The van der Waals surface area contributed by atoms with E-state index in [0.717, 1.165) is 0 Å². The van der Waals surface area contributed by atoms with Gasteiger partial charge in [0.25, 0.3) is 0 Å². The van der Waals surface area contributed by atoms with E-state index in [-0.39, 0.29) is 53.0 Å². The molecule has 0 rings (SSSR count). The van der Waals surface area contributed by atoms with Gasteiger partial charge in [-0.25, -0.2) is 0 Å². The summed E-state index contributed by atoms with van der Waals surface area (Å²) in [5, 5.41) is 63.0. The fourth-order valence-electron chi connectivity index (χ4n) is 0. The van der Waals surface area contributed by atoms with Gasteiger partial charge in [0.2, 0.25) is 0 Å². The van der Waals surface area contributed by atoms with Crippen LogP contribution in [-0.4, -0.2) is 0 Å². The molecule has 0 saturated heterocycles. The zero-order valence-corrected chi connectivity index (χ0v) is 11.3. The van der Waals surface area contributed by atoms with Gasteiger partial charge in [-0.05, 0) is 0 Å². The van der Waals surface area contributed by atoms with Crippen molar-refractivity contribution in [3.8, 4) is 0 Å². The zero-order chi connectivity index (χ0) is 10.2. The molecule has 2 radical (unpaired) electrons. The normalized spacial score (nSPS) is 6.00. The van der Waals surface area contributed by atoms with E-state index in [9.17, 15) is 0 Å². The molecule has 12 nitrogen and oxygen atoms in total. The van der Waals surface area contributed by atoms with Gasteiger partial charge in [-0.3, -0.25) is 0 Å². The van der Waals surface area contributed by atoms with Gasteiger partial charge in [0.05, 0.1) is 0 Å². The van der Waals surface area contributed by atoms with E-state index in [1.165, 1.54) is 0 Å². The molecule has 0 aromatic rings. The van der Waals surface area contributed by atoms with Crippen molar-refractivity contribution in [3.63, 3.8) is 0 Å². The Balaban J connectivity index is -0.0000000184. The van der Waals surface area contributed by atoms with Crippen LogP contribution in [0.2, 0.25) is 0 Å². The molecule has 0 N–H and O–H groups in total. The van der Waals surface area contributed by atoms with Crippen molar-refractivity contribution >= 4 is 0 Å². The van der Waals surface area contributed by atoms with Crippen molar-refractivity contribution in [2.24, 2.45) is 0 Å². The summed E-state index contributed by atoms with van der Waals surface area (Å²) in [5.41, 5.74) is 0. The van der Waals surface area contributed by atoms with Crippen LogP contribution in [0.25, 0.3) is 0 Å². The summed E-state index contributed by atoms with van der Waals surface area (Å²) in [5.74, 6) is 0. The van der Waals surface area contributed by atoms with E-state index in [2.05, 4.69) is 30.2 Å². The molecule has 0 saturated carbocycles. The second-order valence-electron chi connectivity index (χ2n) is 0.408. The first-order chi connectivity index (χ1) is 5.74.